The molecule has 3 aromatic rings. The predicted molar refractivity (Wildman–Crippen MR) is 108 cm³/mol. The number of aliphatic hydroxyl groups excluding tert-OH is 1. The lowest BCUT2D eigenvalue weighted by atomic mass is 9.80. The molecular weight excluding hydrogens is 350 g/mol. The molecule has 0 aromatic heterocycles. The van der Waals surface area contributed by atoms with E-state index in [-0.39, 0.29) is 0 Å². The van der Waals surface area contributed by atoms with Crippen molar-refractivity contribution in [3.63, 3.8) is 0 Å². The van der Waals surface area contributed by atoms with Crippen LogP contribution in [0.2, 0.25) is 0 Å². The van der Waals surface area contributed by atoms with Crippen molar-refractivity contribution in [3.8, 4) is 0 Å². The Labute approximate surface area is 164 Å². The molecule has 0 saturated heterocycles. The zero-order valence-electron chi connectivity index (χ0n) is 15.5. The highest BCUT2D eigenvalue weighted by Gasteiger charge is 2.42. The topological polar surface area (TPSA) is 69.6 Å². The molecule has 1 unspecified atom stereocenters. The van der Waals surface area contributed by atoms with E-state index in [2.05, 4.69) is 29.6 Å². The van der Waals surface area contributed by atoms with Gasteiger partial charge in [0.05, 0.1) is 5.54 Å². The Hall–Kier alpha value is -2.95. The van der Waals surface area contributed by atoms with Gasteiger partial charge in [0.2, 0.25) is 0 Å². The first kappa shape index (κ1) is 18.4. The maximum atomic E-state index is 11.5. The highest BCUT2D eigenvalue weighted by Crippen LogP contribution is 2.44. The Bertz CT molecular complexity index is 986. The lowest BCUT2D eigenvalue weighted by Crippen LogP contribution is -2.42. The molecule has 2 atom stereocenters. The molecule has 1 aliphatic carbocycles. The van der Waals surface area contributed by atoms with Crippen LogP contribution >= 0.6 is 0 Å². The zero-order chi connectivity index (χ0) is 19.6. The molecule has 0 spiro atoms. The largest absolute Gasteiger partial charge is 0.479 e. The van der Waals surface area contributed by atoms with Crippen LogP contribution in [0.3, 0.4) is 0 Å². The zero-order valence-corrected chi connectivity index (χ0v) is 15.5. The molecule has 0 radical (unpaired) electrons. The third-order valence-electron chi connectivity index (χ3n) is 5.63. The third kappa shape index (κ3) is 3.21. The van der Waals surface area contributed by atoms with Crippen molar-refractivity contribution < 1.29 is 15.0 Å². The van der Waals surface area contributed by atoms with Gasteiger partial charge in [-0.25, -0.2) is 4.79 Å². The van der Waals surface area contributed by atoms with Gasteiger partial charge in [-0.05, 0) is 40.7 Å². The van der Waals surface area contributed by atoms with E-state index in [1.54, 1.807) is 12.1 Å². The first-order chi connectivity index (χ1) is 13.6. The molecule has 0 heterocycles. The quantitative estimate of drug-likeness (QED) is 0.615. The van der Waals surface area contributed by atoms with Crippen molar-refractivity contribution in [2.75, 3.05) is 0 Å². The van der Waals surface area contributed by atoms with Gasteiger partial charge in [0.15, 0.2) is 6.10 Å². The van der Waals surface area contributed by atoms with Gasteiger partial charge in [-0.2, -0.15) is 0 Å². The number of carboxylic acids is 1. The molecule has 3 aromatic carbocycles. The van der Waals surface area contributed by atoms with E-state index >= 15 is 0 Å². The van der Waals surface area contributed by atoms with Crippen LogP contribution in [0.15, 0.2) is 78.9 Å². The Balaban J connectivity index is 1.83. The molecule has 28 heavy (non-hydrogen) atoms. The second kappa shape index (κ2) is 7.58. The molecule has 1 aliphatic rings. The Morgan fingerprint density at radius 3 is 2.32 bits per heavy atom. The maximum absolute atomic E-state index is 11.5. The average molecular weight is 373 g/mol. The summed E-state index contributed by atoms with van der Waals surface area (Å²) in [5, 5.41) is 23.5. The van der Waals surface area contributed by atoms with Gasteiger partial charge < -0.3 is 10.2 Å². The molecule has 3 N–H and O–H groups in total. The Morgan fingerprint density at radius 2 is 1.57 bits per heavy atom. The van der Waals surface area contributed by atoms with E-state index in [4.69, 9.17) is 0 Å². The lowest BCUT2D eigenvalue weighted by molar-refractivity contribution is -0.147. The first-order valence-corrected chi connectivity index (χ1v) is 9.49. The van der Waals surface area contributed by atoms with Crippen molar-refractivity contribution in [2.24, 2.45) is 0 Å². The van der Waals surface area contributed by atoms with Crippen LogP contribution in [0.1, 0.15) is 40.3 Å². The van der Waals surface area contributed by atoms with Crippen molar-refractivity contribution in [3.05, 3.63) is 107 Å². The second-order valence-electron chi connectivity index (χ2n) is 7.23. The summed E-state index contributed by atoms with van der Waals surface area (Å²) < 4.78 is 0. The number of hydrogen-bond donors (Lipinski definition) is 3. The monoisotopic (exact) mass is 373 g/mol. The minimum Gasteiger partial charge on any atom is -0.479 e. The van der Waals surface area contributed by atoms with Gasteiger partial charge in [0, 0.05) is 6.54 Å². The van der Waals surface area contributed by atoms with Crippen LogP contribution in [0.4, 0.5) is 0 Å². The van der Waals surface area contributed by atoms with Crippen LogP contribution in [-0.2, 0) is 23.3 Å². The van der Waals surface area contributed by atoms with Gasteiger partial charge in [0.1, 0.15) is 0 Å². The molecule has 0 amide bonds. The van der Waals surface area contributed by atoms with Gasteiger partial charge in [-0.15, -0.1) is 0 Å². The van der Waals surface area contributed by atoms with Crippen LogP contribution in [0.25, 0.3) is 0 Å². The highest BCUT2D eigenvalue weighted by molar-refractivity contribution is 5.75. The van der Waals surface area contributed by atoms with E-state index in [0.717, 1.165) is 29.5 Å². The van der Waals surface area contributed by atoms with Crippen molar-refractivity contribution in [1.82, 2.24) is 5.32 Å². The minimum atomic E-state index is -1.56. The number of carboxylic acid groups (broad SMARTS) is 1. The number of benzene rings is 3. The third-order valence-corrected chi connectivity index (χ3v) is 5.63. The number of aryl methyl sites for hydroxylation is 1. The van der Waals surface area contributed by atoms with Crippen LogP contribution in [0, 0.1) is 0 Å². The molecule has 4 nitrogen and oxygen atoms in total. The van der Waals surface area contributed by atoms with Crippen LogP contribution in [-0.4, -0.2) is 16.2 Å². The van der Waals surface area contributed by atoms with Crippen molar-refractivity contribution in [2.45, 2.75) is 31.0 Å². The molecule has 0 aliphatic heterocycles. The summed E-state index contributed by atoms with van der Waals surface area (Å²) in [6, 6.07) is 25.7. The van der Waals surface area contributed by atoms with E-state index in [1.165, 1.54) is 5.56 Å². The molecule has 0 bridgehead atoms. The average Bonchev–Trinajstić information content (AvgIpc) is 3.12. The van der Waals surface area contributed by atoms with E-state index in [1.807, 2.05) is 42.5 Å². The Morgan fingerprint density at radius 1 is 0.929 bits per heavy atom. The number of hydrogen-bond acceptors (Lipinski definition) is 3. The number of aliphatic hydroxyl groups is 1. The summed E-state index contributed by atoms with van der Waals surface area (Å²) in [6.45, 7) is 0.646. The fraction of sp³-hybridized carbons (Fsp3) is 0.208. The van der Waals surface area contributed by atoms with E-state index < -0.39 is 17.6 Å². The molecule has 4 heteroatoms. The van der Waals surface area contributed by atoms with Gasteiger partial charge in [-0.3, -0.25) is 5.32 Å². The summed E-state index contributed by atoms with van der Waals surface area (Å²) in [5.74, 6) is -1.24. The summed E-state index contributed by atoms with van der Waals surface area (Å²) >= 11 is 0. The highest BCUT2D eigenvalue weighted by atomic mass is 16.4. The number of aliphatic carboxylic acids is 1. The minimum absolute atomic E-state index is 0.437. The van der Waals surface area contributed by atoms with Crippen LogP contribution < -0.4 is 5.32 Å². The molecule has 4 rings (SSSR count). The first-order valence-electron chi connectivity index (χ1n) is 9.49. The molecule has 0 fully saturated rings. The normalized spacial score (nSPS) is 19.2. The molecule has 0 saturated carbocycles. The maximum Gasteiger partial charge on any atom is 0.337 e. The van der Waals surface area contributed by atoms with Gasteiger partial charge in [-0.1, -0.05) is 78.9 Å². The van der Waals surface area contributed by atoms with Gasteiger partial charge >= 0.3 is 5.97 Å². The molecule has 142 valence electrons. The van der Waals surface area contributed by atoms with Crippen LogP contribution in [0.5, 0.6) is 0 Å². The number of carbonyl (C=O) groups is 1. The van der Waals surface area contributed by atoms with Gasteiger partial charge in [0.25, 0.3) is 0 Å². The van der Waals surface area contributed by atoms with Crippen molar-refractivity contribution >= 4 is 5.97 Å². The summed E-state index contributed by atoms with van der Waals surface area (Å²) in [4.78, 5) is 11.5. The van der Waals surface area contributed by atoms with E-state index in [0.29, 0.717) is 12.1 Å². The summed E-state index contributed by atoms with van der Waals surface area (Å²) in [6.07, 6.45) is 0.150. The number of fused-ring (bicyclic) bond motifs is 1. The summed E-state index contributed by atoms with van der Waals surface area (Å²) in [7, 11) is 0. The smallest absolute Gasteiger partial charge is 0.337 e. The summed E-state index contributed by atoms with van der Waals surface area (Å²) in [5.41, 5.74) is 4.28. The number of rotatable bonds is 6. The molecular formula is C24H23NO3. The Kier molecular flexibility index (Phi) is 4.99. The second-order valence-corrected chi connectivity index (χ2v) is 7.23. The van der Waals surface area contributed by atoms with Crippen molar-refractivity contribution in [1.29, 1.82) is 0 Å². The fourth-order valence-corrected chi connectivity index (χ4v) is 4.28. The van der Waals surface area contributed by atoms with E-state index in [9.17, 15) is 15.0 Å². The predicted octanol–water partition coefficient (Wildman–Crippen LogP) is 3.78. The number of nitrogens with one attached hydrogen (secondary N) is 1. The standard InChI is InChI=1S/C24H23NO3/c26-22(23(27)28)19-11-5-7-13-21(19)24(25-16-17-8-2-1-3-9-17)15-14-18-10-4-6-12-20(18)24/h1-13,22,25-26H,14-16H2,(H,27,28)/t22?,24-/m1/s1. The SMILES string of the molecule is O=C(O)C(O)c1ccccc1[C@@]1(NCc2ccccc2)CCc2ccccc21. The lowest BCUT2D eigenvalue weighted by Gasteiger charge is -2.35. The fourth-order valence-electron chi connectivity index (χ4n) is 4.28.